The van der Waals surface area contributed by atoms with Crippen molar-refractivity contribution < 1.29 is 19.4 Å². The maximum atomic E-state index is 11.8. The highest BCUT2D eigenvalue weighted by Gasteiger charge is 2.32. The van der Waals surface area contributed by atoms with E-state index in [9.17, 15) is 9.59 Å². The van der Waals surface area contributed by atoms with Crippen LogP contribution in [0.4, 0.5) is 0 Å². The summed E-state index contributed by atoms with van der Waals surface area (Å²) < 4.78 is 5.13. The monoisotopic (exact) mass is 281 g/mol. The van der Waals surface area contributed by atoms with Crippen LogP contribution in [0.1, 0.15) is 5.56 Å². The van der Waals surface area contributed by atoms with E-state index in [4.69, 9.17) is 9.84 Å². The highest BCUT2D eigenvalue weighted by atomic mass is 32.2. The van der Waals surface area contributed by atoms with Crippen LogP contribution in [0.2, 0.25) is 0 Å². The smallest absolute Gasteiger partial charge is 0.327 e. The summed E-state index contributed by atoms with van der Waals surface area (Å²) in [7, 11) is 1.60. The minimum absolute atomic E-state index is 0.216. The number of carbonyl (C=O) groups excluding carboxylic acids is 1. The van der Waals surface area contributed by atoms with Crippen LogP contribution in [0.25, 0.3) is 0 Å². The zero-order chi connectivity index (χ0) is 13.8. The first-order chi connectivity index (χ1) is 9.10. The number of methoxy groups -OCH3 is 1. The Bertz CT molecular complexity index is 491. The number of carboxylic acid groups (broad SMARTS) is 1. The fraction of sp³-hybridized carbons (Fsp3) is 0.385. The summed E-state index contributed by atoms with van der Waals surface area (Å²) in [6.45, 7) is 0. The van der Waals surface area contributed by atoms with Crippen LogP contribution in [-0.4, -0.2) is 41.1 Å². The quantitative estimate of drug-likeness (QED) is 0.858. The Morgan fingerprint density at radius 1 is 1.58 bits per heavy atom. The topological polar surface area (TPSA) is 75.6 Å². The summed E-state index contributed by atoms with van der Waals surface area (Å²) in [5.74, 6) is -0.0512. The first-order valence-corrected chi connectivity index (χ1v) is 6.92. The van der Waals surface area contributed by atoms with Crippen LogP contribution in [-0.2, 0) is 16.0 Å². The zero-order valence-corrected chi connectivity index (χ0v) is 11.3. The van der Waals surface area contributed by atoms with Gasteiger partial charge in [0.05, 0.1) is 12.4 Å². The first kappa shape index (κ1) is 13.7. The molecule has 1 aromatic carbocycles. The van der Waals surface area contributed by atoms with E-state index in [1.54, 1.807) is 7.11 Å². The number of aliphatic carboxylic acids is 1. The minimum Gasteiger partial charge on any atom is -0.497 e. The van der Waals surface area contributed by atoms with Gasteiger partial charge in [0, 0.05) is 5.75 Å². The van der Waals surface area contributed by atoms with Crippen LogP contribution in [0, 0.1) is 0 Å². The third-order valence-electron chi connectivity index (χ3n) is 2.93. The summed E-state index contributed by atoms with van der Waals surface area (Å²) in [5.41, 5.74) is 1.00. The molecule has 1 heterocycles. The molecule has 0 radical (unpaired) electrons. The number of nitrogens with one attached hydrogen (secondary N) is 1. The molecule has 102 valence electrons. The van der Waals surface area contributed by atoms with Gasteiger partial charge >= 0.3 is 5.97 Å². The number of hydrogen-bond donors (Lipinski definition) is 2. The van der Waals surface area contributed by atoms with Crippen molar-refractivity contribution in [2.45, 2.75) is 17.7 Å². The Balaban J connectivity index is 2.00. The van der Waals surface area contributed by atoms with Crippen molar-refractivity contribution in [1.82, 2.24) is 5.32 Å². The number of carbonyl (C=O) groups is 2. The van der Waals surface area contributed by atoms with Gasteiger partial charge in [0.25, 0.3) is 0 Å². The van der Waals surface area contributed by atoms with Crippen LogP contribution in [0.15, 0.2) is 24.3 Å². The van der Waals surface area contributed by atoms with Gasteiger partial charge in [-0.15, -0.1) is 11.8 Å². The molecule has 2 atom stereocenters. The summed E-state index contributed by atoms with van der Waals surface area (Å²) in [4.78, 5) is 22.6. The van der Waals surface area contributed by atoms with Crippen LogP contribution in [0.5, 0.6) is 5.75 Å². The summed E-state index contributed by atoms with van der Waals surface area (Å²) >= 11 is 1.38. The summed E-state index contributed by atoms with van der Waals surface area (Å²) in [6.07, 6.45) is 0.569. The third-order valence-corrected chi connectivity index (χ3v) is 4.24. The van der Waals surface area contributed by atoms with Gasteiger partial charge in [-0.2, -0.15) is 0 Å². The Hall–Kier alpha value is -1.69. The van der Waals surface area contributed by atoms with Gasteiger partial charge in [0.1, 0.15) is 11.8 Å². The van der Waals surface area contributed by atoms with Crippen molar-refractivity contribution in [1.29, 1.82) is 0 Å². The van der Waals surface area contributed by atoms with Crippen molar-refractivity contribution in [2.24, 2.45) is 0 Å². The van der Waals surface area contributed by atoms with E-state index < -0.39 is 12.0 Å². The van der Waals surface area contributed by atoms with Crippen molar-refractivity contribution in [3.05, 3.63) is 29.8 Å². The average Bonchev–Trinajstić information content (AvgIpc) is 2.41. The van der Waals surface area contributed by atoms with Crippen molar-refractivity contribution in [3.63, 3.8) is 0 Å². The van der Waals surface area contributed by atoms with Gasteiger partial charge in [0.2, 0.25) is 5.91 Å². The molecule has 19 heavy (non-hydrogen) atoms. The molecule has 2 N–H and O–H groups in total. The number of benzene rings is 1. The Morgan fingerprint density at radius 3 is 3.00 bits per heavy atom. The van der Waals surface area contributed by atoms with Crippen molar-refractivity contribution >= 4 is 23.6 Å². The molecule has 1 aliphatic heterocycles. The standard InChI is InChI=1S/C13H15NO4S/c1-18-9-4-2-3-8(5-9)6-11-12(15)14-10(7-19-11)13(16)17/h2-5,10-11H,6-7H2,1H3,(H,14,15)(H,16,17)/t10-,11+/m1/s1. The van der Waals surface area contributed by atoms with E-state index in [1.807, 2.05) is 24.3 Å². The van der Waals surface area contributed by atoms with E-state index in [0.29, 0.717) is 12.2 Å². The van der Waals surface area contributed by atoms with E-state index in [-0.39, 0.29) is 11.2 Å². The molecule has 0 aliphatic carbocycles. The van der Waals surface area contributed by atoms with Gasteiger partial charge in [-0.1, -0.05) is 12.1 Å². The molecule has 1 amide bonds. The second-order valence-electron chi connectivity index (χ2n) is 4.28. The highest BCUT2D eigenvalue weighted by molar-refractivity contribution is 8.00. The van der Waals surface area contributed by atoms with Gasteiger partial charge in [-0.05, 0) is 24.1 Å². The molecule has 1 aliphatic rings. The molecule has 1 saturated heterocycles. The minimum atomic E-state index is -0.985. The molecule has 1 fully saturated rings. The molecule has 0 aromatic heterocycles. The van der Waals surface area contributed by atoms with Gasteiger partial charge in [-0.3, -0.25) is 4.79 Å². The van der Waals surface area contributed by atoms with Crippen molar-refractivity contribution in [2.75, 3.05) is 12.9 Å². The maximum absolute atomic E-state index is 11.8. The molecule has 6 heteroatoms. The number of amides is 1. The second-order valence-corrected chi connectivity index (χ2v) is 5.51. The maximum Gasteiger partial charge on any atom is 0.327 e. The molecule has 1 aromatic rings. The normalized spacial score (nSPS) is 22.7. The molecule has 2 rings (SSSR count). The van der Waals surface area contributed by atoms with Gasteiger partial charge in [-0.25, -0.2) is 4.79 Å². The second kappa shape index (κ2) is 5.97. The van der Waals surface area contributed by atoms with Crippen LogP contribution < -0.4 is 10.1 Å². The number of hydrogen-bond acceptors (Lipinski definition) is 4. The predicted molar refractivity (Wildman–Crippen MR) is 72.5 cm³/mol. The lowest BCUT2D eigenvalue weighted by Gasteiger charge is -2.26. The number of rotatable bonds is 4. The molecule has 0 spiro atoms. The lowest BCUT2D eigenvalue weighted by Crippen LogP contribution is -2.51. The predicted octanol–water partition coefficient (Wildman–Crippen LogP) is 0.922. The molecule has 0 unspecified atom stereocenters. The molecule has 5 nitrogen and oxygen atoms in total. The number of carboxylic acids is 1. The summed E-state index contributed by atoms with van der Waals surface area (Å²) in [5, 5.41) is 11.1. The Labute approximate surface area is 115 Å². The fourth-order valence-electron chi connectivity index (χ4n) is 1.89. The molecular formula is C13H15NO4S. The first-order valence-electron chi connectivity index (χ1n) is 5.88. The fourth-order valence-corrected chi connectivity index (χ4v) is 3.07. The van der Waals surface area contributed by atoms with Gasteiger partial charge < -0.3 is 15.2 Å². The lowest BCUT2D eigenvalue weighted by atomic mass is 10.1. The Morgan fingerprint density at radius 2 is 2.37 bits per heavy atom. The third kappa shape index (κ3) is 3.41. The van der Waals surface area contributed by atoms with E-state index in [2.05, 4.69) is 5.32 Å². The van der Waals surface area contributed by atoms with Gasteiger partial charge in [0.15, 0.2) is 0 Å². The highest BCUT2D eigenvalue weighted by Crippen LogP contribution is 2.23. The van der Waals surface area contributed by atoms with E-state index in [0.717, 1.165) is 11.3 Å². The molecule has 0 saturated carbocycles. The lowest BCUT2D eigenvalue weighted by molar-refractivity contribution is -0.141. The largest absolute Gasteiger partial charge is 0.497 e. The van der Waals surface area contributed by atoms with Crippen LogP contribution in [0.3, 0.4) is 0 Å². The molecule has 0 bridgehead atoms. The average molecular weight is 281 g/mol. The van der Waals surface area contributed by atoms with Crippen LogP contribution >= 0.6 is 11.8 Å². The number of thioether (sulfide) groups is 1. The number of ether oxygens (including phenoxy) is 1. The molecular weight excluding hydrogens is 266 g/mol. The van der Waals surface area contributed by atoms with E-state index >= 15 is 0 Å². The van der Waals surface area contributed by atoms with Crippen molar-refractivity contribution in [3.8, 4) is 5.75 Å². The summed E-state index contributed by atoms with van der Waals surface area (Å²) in [6, 6.07) is 6.76. The zero-order valence-electron chi connectivity index (χ0n) is 10.5. The van der Waals surface area contributed by atoms with E-state index in [1.165, 1.54) is 11.8 Å². The Kier molecular flexibility index (Phi) is 4.31. The SMILES string of the molecule is COc1cccc(C[C@@H]2SC[C@H](C(=O)O)NC2=O)c1.